The standard InChI is InChI=1S/C22H23ClN4O3S2/c1-3-4-7-10-32(29,30)22-15(20(24)28)11-16-21(26-22)27(13(2)25-16)12-18-19(23)14-8-5-6-9-17(14)31-18/h5-6,8-9,11H,3-4,7,10,12H2,1-2H3,(H2,24,28). The molecule has 0 spiro atoms. The molecule has 7 nitrogen and oxygen atoms in total. The van der Waals surface area contributed by atoms with Crippen molar-refractivity contribution in [1.82, 2.24) is 14.5 Å². The lowest BCUT2D eigenvalue weighted by molar-refractivity contribution is 0.0996. The van der Waals surface area contributed by atoms with E-state index in [1.807, 2.05) is 42.7 Å². The van der Waals surface area contributed by atoms with E-state index in [1.54, 1.807) is 11.3 Å². The van der Waals surface area contributed by atoms with Gasteiger partial charge in [0.15, 0.2) is 20.5 Å². The normalized spacial score (nSPS) is 12.1. The third kappa shape index (κ3) is 4.12. The fourth-order valence-corrected chi connectivity index (χ4v) is 6.68. The average Bonchev–Trinajstić information content (AvgIpc) is 3.23. The second-order valence-corrected chi connectivity index (χ2v) is 11.2. The van der Waals surface area contributed by atoms with Crippen molar-refractivity contribution in [3.05, 3.63) is 51.6 Å². The molecule has 10 heteroatoms. The summed E-state index contributed by atoms with van der Waals surface area (Å²) in [6.07, 6.45) is 2.15. The summed E-state index contributed by atoms with van der Waals surface area (Å²) in [7, 11) is -3.79. The van der Waals surface area contributed by atoms with Crippen LogP contribution in [0.5, 0.6) is 0 Å². The Kier molecular flexibility index (Phi) is 6.24. The highest BCUT2D eigenvalue weighted by Crippen LogP contribution is 2.36. The predicted molar refractivity (Wildman–Crippen MR) is 128 cm³/mol. The molecular formula is C22H23ClN4O3S2. The Labute approximate surface area is 195 Å². The Hall–Kier alpha value is -2.49. The van der Waals surface area contributed by atoms with Crippen molar-refractivity contribution in [3.8, 4) is 0 Å². The van der Waals surface area contributed by atoms with Gasteiger partial charge in [-0.1, -0.05) is 49.6 Å². The highest BCUT2D eigenvalue weighted by molar-refractivity contribution is 7.91. The number of hydrogen-bond donors (Lipinski definition) is 1. The van der Waals surface area contributed by atoms with Crippen LogP contribution in [0.15, 0.2) is 35.4 Å². The zero-order chi connectivity index (χ0) is 23.0. The second kappa shape index (κ2) is 8.80. The van der Waals surface area contributed by atoms with Gasteiger partial charge in [-0.05, 0) is 25.5 Å². The molecule has 0 fully saturated rings. The van der Waals surface area contributed by atoms with Crippen LogP contribution in [0, 0.1) is 6.92 Å². The number of fused-ring (bicyclic) bond motifs is 2. The van der Waals surface area contributed by atoms with Gasteiger partial charge in [0, 0.05) is 15.0 Å². The maximum Gasteiger partial charge on any atom is 0.251 e. The van der Waals surface area contributed by atoms with E-state index in [2.05, 4.69) is 9.97 Å². The Balaban J connectivity index is 1.84. The van der Waals surface area contributed by atoms with Gasteiger partial charge in [0.2, 0.25) is 0 Å². The average molecular weight is 491 g/mol. The number of sulfone groups is 1. The van der Waals surface area contributed by atoms with Crippen LogP contribution >= 0.6 is 22.9 Å². The Morgan fingerprint density at radius 2 is 1.97 bits per heavy atom. The maximum atomic E-state index is 13.0. The molecule has 4 rings (SSSR count). The number of nitrogens with two attached hydrogens (primary N) is 1. The van der Waals surface area contributed by atoms with Crippen molar-refractivity contribution in [2.45, 2.75) is 44.7 Å². The van der Waals surface area contributed by atoms with Crippen LogP contribution in [-0.2, 0) is 16.4 Å². The third-order valence-corrected chi connectivity index (χ3v) is 8.78. The number of rotatable bonds is 8. The van der Waals surface area contributed by atoms with Crippen molar-refractivity contribution < 1.29 is 13.2 Å². The summed E-state index contributed by atoms with van der Waals surface area (Å²) in [5.41, 5.74) is 6.17. The van der Waals surface area contributed by atoms with Crippen LogP contribution in [0.2, 0.25) is 5.02 Å². The number of amides is 1. The highest BCUT2D eigenvalue weighted by Gasteiger charge is 2.26. The fourth-order valence-electron chi connectivity index (χ4n) is 3.70. The first-order valence-electron chi connectivity index (χ1n) is 10.3. The van der Waals surface area contributed by atoms with Crippen LogP contribution in [0.25, 0.3) is 21.3 Å². The van der Waals surface area contributed by atoms with Gasteiger partial charge in [0.1, 0.15) is 11.3 Å². The van der Waals surface area contributed by atoms with E-state index in [1.165, 1.54) is 6.07 Å². The molecule has 1 amide bonds. The molecule has 0 atom stereocenters. The summed E-state index contributed by atoms with van der Waals surface area (Å²) in [6.45, 7) is 4.19. The van der Waals surface area contributed by atoms with Crippen LogP contribution in [-0.4, -0.2) is 34.6 Å². The number of halogens is 1. The lowest BCUT2D eigenvalue weighted by Gasteiger charge is -2.10. The molecule has 0 aliphatic heterocycles. The number of unbranched alkanes of at least 4 members (excludes halogenated alkanes) is 2. The number of aromatic nitrogens is 3. The zero-order valence-corrected chi connectivity index (χ0v) is 20.1. The number of carbonyl (C=O) groups is 1. The molecule has 0 aliphatic rings. The van der Waals surface area contributed by atoms with E-state index in [0.717, 1.165) is 27.8 Å². The van der Waals surface area contributed by atoms with E-state index in [9.17, 15) is 13.2 Å². The molecule has 0 saturated heterocycles. The first-order valence-corrected chi connectivity index (χ1v) is 13.1. The van der Waals surface area contributed by atoms with Crippen LogP contribution in [0.4, 0.5) is 0 Å². The molecule has 0 bridgehead atoms. The largest absolute Gasteiger partial charge is 0.366 e. The second-order valence-electron chi connectivity index (χ2n) is 7.65. The lowest BCUT2D eigenvalue weighted by atomic mass is 10.2. The third-order valence-electron chi connectivity index (χ3n) is 5.36. The molecule has 32 heavy (non-hydrogen) atoms. The summed E-state index contributed by atoms with van der Waals surface area (Å²) >= 11 is 8.19. The van der Waals surface area contributed by atoms with Gasteiger partial charge in [-0.25, -0.2) is 18.4 Å². The van der Waals surface area contributed by atoms with E-state index < -0.39 is 15.7 Å². The topological polar surface area (TPSA) is 108 Å². The molecule has 4 aromatic rings. The summed E-state index contributed by atoms with van der Waals surface area (Å²) in [5.74, 6) is -0.292. The molecule has 2 N–H and O–H groups in total. The SMILES string of the molecule is CCCCCS(=O)(=O)c1nc2c(cc1C(N)=O)nc(C)n2Cc1sc2ccccc2c1Cl. The Bertz CT molecular complexity index is 1440. The maximum absolute atomic E-state index is 13.0. The molecule has 3 aromatic heterocycles. The number of pyridine rings is 1. The number of benzene rings is 1. The number of nitrogens with zero attached hydrogens (tertiary/aromatic N) is 3. The Morgan fingerprint density at radius 3 is 2.66 bits per heavy atom. The van der Waals surface area contributed by atoms with Crippen LogP contribution in [0.1, 0.15) is 47.2 Å². The lowest BCUT2D eigenvalue weighted by Crippen LogP contribution is -2.20. The van der Waals surface area contributed by atoms with Gasteiger partial charge in [0.05, 0.1) is 22.9 Å². The van der Waals surface area contributed by atoms with Gasteiger partial charge in [-0.3, -0.25) is 4.79 Å². The van der Waals surface area contributed by atoms with Gasteiger partial charge < -0.3 is 10.3 Å². The van der Waals surface area contributed by atoms with Crippen molar-refractivity contribution in [1.29, 1.82) is 0 Å². The minimum Gasteiger partial charge on any atom is -0.366 e. The van der Waals surface area contributed by atoms with Gasteiger partial charge in [0.25, 0.3) is 5.91 Å². The number of thiophene rings is 1. The van der Waals surface area contributed by atoms with E-state index in [0.29, 0.717) is 35.0 Å². The first kappa shape index (κ1) is 22.7. The fraction of sp³-hybridized carbons (Fsp3) is 0.318. The molecular weight excluding hydrogens is 468 g/mol. The molecule has 168 valence electrons. The molecule has 0 unspecified atom stereocenters. The minimum absolute atomic E-state index is 0.0884. The molecule has 0 aliphatic carbocycles. The van der Waals surface area contributed by atoms with E-state index in [4.69, 9.17) is 17.3 Å². The van der Waals surface area contributed by atoms with Gasteiger partial charge >= 0.3 is 0 Å². The highest BCUT2D eigenvalue weighted by atomic mass is 35.5. The Morgan fingerprint density at radius 1 is 1.22 bits per heavy atom. The smallest absolute Gasteiger partial charge is 0.251 e. The number of primary amides is 1. The number of carbonyl (C=O) groups excluding carboxylic acids is 1. The van der Waals surface area contributed by atoms with Gasteiger partial charge in [-0.15, -0.1) is 11.3 Å². The van der Waals surface area contributed by atoms with Crippen molar-refractivity contribution in [2.24, 2.45) is 5.73 Å². The molecule has 3 heterocycles. The first-order chi connectivity index (χ1) is 15.2. The molecule has 0 radical (unpaired) electrons. The van der Waals surface area contributed by atoms with E-state index in [-0.39, 0.29) is 16.3 Å². The summed E-state index contributed by atoms with van der Waals surface area (Å²) in [4.78, 5) is 21.9. The predicted octanol–water partition coefficient (Wildman–Crippen LogP) is 4.72. The van der Waals surface area contributed by atoms with E-state index >= 15 is 0 Å². The van der Waals surface area contributed by atoms with Crippen molar-refractivity contribution >= 4 is 59.9 Å². The summed E-state index contributed by atoms with van der Waals surface area (Å²) in [5, 5.41) is 1.35. The van der Waals surface area contributed by atoms with Crippen LogP contribution < -0.4 is 5.73 Å². The van der Waals surface area contributed by atoms with Crippen molar-refractivity contribution in [2.75, 3.05) is 5.75 Å². The molecule has 1 aromatic carbocycles. The quantitative estimate of drug-likeness (QED) is 0.359. The minimum atomic E-state index is -3.79. The zero-order valence-electron chi connectivity index (χ0n) is 17.8. The summed E-state index contributed by atoms with van der Waals surface area (Å²) in [6, 6.07) is 9.29. The number of hydrogen-bond acceptors (Lipinski definition) is 6. The number of imidazole rings is 1. The summed E-state index contributed by atoms with van der Waals surface area (Å²) < 4.78 is 28.9. The monoisotopic (exact) mass is 490 g/mol. The van der Waals surface area contributed by atoms with Crippen molar-refractivity contribution in [3.63, 3.8) is 0 Å². The van der Waals surface area contributed by atoms with Crippen LogP contribution in [0.3, 0.4) is 0 Å². The number of aryl methyl sites for hydroxylation is 1. The van der Waals surface area contributed by atoms with Gasteiger partial charge in [-0.2, -0.15) is 0 Å². The molecule has 0 saturated carbocycles.